The highest BCUT2D eigenvalue weighted by Gasteiger charge is 2.23. The molecule has 1 saturated heterocycles. The summed E-state index contributed by atoms with van der Waals surface area (Å²) in [5, 5.41) is 2.81. The Morgan fingerprint density at radius 2 is 1.93 bits per heavy atom. The maximum Gasteiger partial charge on any atom is 0.414 e. The number of hydrogen-bond donors (Lipinski definition) is 1. The Morgan fingerprint density at radius 3 is 2.63 bits per heavy atom. The number of ether oxygens (including phenoxy) is 3. The van der Waals surface area contributed by atoms with E-state index in [-0.39, 0.29) is 18.6 Å². The van der Waals surface area contributed by atoms with Gasteiger partial charge in [-0.2, -0.15) is 0 Å². The van der Waals surface area contributed by atoms with Crippen molar-refractivity contribution < 1.29 is 23.8 Å². The predicted octanol–water partition coefficient (Wildman–Crippen LogP) is 2.74. The molecular formula is C20H22N2O5. The van der Waals surface area contributed by atoms with Crippen LogP contribution in [0.1, 0.15) is 12.5 Å². The van der Waals surface area contributed by atoms with Crippen molar-refractivity contribution in [2.24, 2.45) is 0 Å². The van der Waals surface area contributed by atoms with Gasteiger partial charge in [-0.25, -0.2) is 4.79 Å². The molecule has 1 fully saturated rings. The summed E-state index contributed by atoms with van der Waals surface area (Å²) in [4.78, 5) is 25.3. The summed E-state index contributed by atoms with van der Waals surface area (Å²) >= 11 is 0. The minimum absolute atomic E-state index is 0.109. The van der Waals surface area contributed by atoms with Crippen molar-refractivity contribution >= 4 is 17.7 Å². The van der Waals surface area contributed by atoms with Crippen molar-refractivity contribution in [2.75, 3.05) is 31.3 Å². The SMILES string of the molecule is CCOc1ccccc1OCC(=O)NCc1cccc(N2CCOC2=O)c1. The quantitative estimate of drug-likeness (QED) is 0.773. The molecule has 0 saturated carbocycles. The number of hydrogen-bond acceptors (Lipinski definition) is 5. The Hall–Kier alpha value is -3.22. The molecule has 142 valence electrons. The Kier molecular flexibility index (Phi) is 6.14. The van der Waals surface area contributed by atoms with E-state index in [1.54, 1.807) is 17.0 Å². The number of benzene rings is 2. The van der Waals surface area contributed by atoms with E-state index in [0.29, 0.717) is 37.8 Å². The van der Waals surface area contributed by atoms with Crippen LogP contribution < -0.4 is 19.7 Å². The van der Waals surface area contributed by atoms with Crippen LogP contribution in [0.25, 0.3) is 0 Å². The van der Waals surface area contributed by atoms with Gasteiger partial charge in [-0.05, 0) is 36.8 Å². The molecule has 1 aliphatic rings. The number of anilines is 1. The molecule has 3 rings (SSSR count). The number of cyclic esters (lactones) is 1. The third kappa shape index (κ3) is 4.91. The van der Waals surface area contributed by atoms with Crippen LogP contribution in [0.5, 0.6) is 11.5 Å². The largest absolute Gasteiger partial charge is 0.490 e. The lowest BCUT2D eigenvalue weighted by Crippen LogP contribution is -2.28. The van der Waals surface area contributed by atoms with E-state index in [0.717, 1.165) is 11.3 Å². The van der Waals surface area contributed by atoms with Crippen molar-refractivity contribution in [3.05, 3.63) is 54.1 Å². The first-order valence-corrected chi connectivity index (χ1v) is 8.82. The summed E-state index contributed by atoms with van der Waals surface area (Å²) in [5.41, 5.74) is 1.64. The third-order valence-electron chi connectivity index (χ3n) is 3.98. The molecule has 2 amide bonds. The summed E-state index contributed by atoms with van der Waals surface area (Å²) in [7, 11) is 0. The van der Waals surface area contributed by atoms with Gasteiger partial charge in [0.25, 0.3) is 5.91 Å². The van der Waals surface area contributed by atoms with Crippen LogP contribution in [-0.4, -0.2) is 38.4 Å². The highest BCUT2D eigenvalue weighted by molar-refractivity contribution is 5.89. The van der Waals surface area contributed by atoms with E-state index in [4.69, 9.17) is 14.2 Å². The first kappa shape index (κ1) is 18.6. The number of nitrogens with zero attached hydrogens (tertiary/aromatic N) is 1. The third-order valence-corrected chi connectivity index (χ3v) is 3.98. The number of amides is 2. The molecule has 0 spiro atoms. The van der Waals surface area contributed by atoms with Crippen LogP contribution in [0.3, 0.4) is 0 Å². The summed E-state index contributed by atoms with van der Waals surface area (Å²) in [6, 6.07) is 14.7. The zero-order valence-corrected chi connectivity index (χ0v) is 15.1. The second-order valence-electron chi connectivity index (χ2n) is 5.88. The summed E-state index contributed by atoms with van der Waals surface area (Å²) in [5.74, 6) is 0.898. The molecular weight excluding hydrogens is 348 g/mol. The average Bonchev–Trinajstić information content (AvgIpc) is 3.12. The molecule has 0 atom stereocenters. The molecule has 7 heteroatoms. The van der Waals surface area contributed by atoms with Crippen molar-refractivity contribution in [2.45, 2.75) is 13.5 Å². The summed E-state index contributed by atoms with van der Waals surface area (Å²) in [6.07, 6.45) is -0.349. The van der Waals surface area contributed by atoms with Gasteiger partial charge >= 0.3 is 6.09 Å². The summed E-state index contributed by atoms with van der Waals surface area (Å²) in [6.45, 7) is 3.56. The Labute approximate surface area is 157 Å². The van der Waals surface area contributed by atoms with Gasteiger partial charge in [-0.1, -0.05) is 24.3 Å². The molecule has 27 heavy (non-hydrogen) atoms. The van der Waals surface area contributed by atoms with Crippen molar-refractivity contribution in [3.63, 3.8) is 0 Å². The molecule has 1 N–H and O–H groups in total. The zero-order valence-electron chi connectivity index (χ0n) is 15.1. The lowest BCUT2D eigenvalue weighted by Gasteiger charge is -2.14. The van der Waals surface area contributed by atoms with Crippen molar-refractivity contribution in [1.29, 1.82) is 0 Å². The number of para-hydroxylation sites is 2. The smallest absolute Gasteiger partial charge is 0.414 e. The van der Waals surface area contributed by atoms with Gasteiger partial charge < -0.3 is 19.5 Å². The normalized spacial score (nSPS) is 13.2. The van der Waals surface area contributed by atoms with E-state index in [9.17, 15) is 9.59 Å². The average molecular weight is 370 g/mol. The Bertz CT molecular complexity index is 808. The minimum atomic E-state index is -0.349. The second kappa shape index (κ2) is 8.93. The van der Waals surface area contributed by atoms with Crippen LogP contribution in [0, 0.1) is 0 Å². The molecule has 1 heterocycles. The van der Waals surface area contributed by atoms with Gasteiger partial charge in [-0.3, -0.25) is 9.69 Å². The van der Waals surface area contributed by atoms with Gasteiger partial charge in [0.05, 0.1) is 13.2 Å². The van der Waals surface area contributed by atoms with E-state index in [1.807, 2.05) is 43.3 Å². The van der Waals surface area contributed by atoms with Gasteiger partial charge in [-0.15, -0.1) is 0 Å². The van der Waals surface area contributed by atoms with Gasteiger partial charge in [0.1, 0.15) is 6.61 Å². The minimum Gasteiger partial charge on any atom is -0.490 e. The highest BCUT2D eigenvalue weighted by Crippen LogP contribution is 2.26. The summed E-state index contributed by atoms with van der Waals surface area (Å²) < 4.78 is 16.0. The van der Waals surface area contributed by atoms with E-state index < -0.39 is 0 Å². The first-order chi connectivity index (χ1) is 13.2. The number of rotatable bonds is 8. The van der Waals surface area contributed by atoms with Crippen LogP contribution in [0.15, 0.2) is 48.5 Å². The Balaban J connectivity index is 1.52. The molecule has 0 aromatic heterocycles. The topological polar surface area (TPSA) is 77.1 Å². The van der Waals surface area contributed by atoms with E-state index >= 15 is 0 Å². The monoisotopic (exact) mass is 370 g/mol. The maximum atomic E-state index is 12.1. The molecule has 2 aromatic carbocycles. The maximum absolute atomic E-state index is 12.1. The predicted molar refractivity (Wildman–Crippen MR) is 100 cm³/mol. The Morgan fingerprint density at radius 1 is 1.15 bits per heavy atom. The van der Waals surface area contributed by atoms with Crippen LogP contribution >= 0.6 is 0 Å². The van der Waals surface area contributed by atoms with E-state index in [1.165, 1.54) is 0 Å². The number of carbonyl (C=O) groups excluding carboxylic acids is 2. The molecule has 0 unspecified atom stereocenters. The molecule has 0 radical (unpaired) electrons. The zero-order chi connectivity index (χ0) is 19.1. The van der Waals surface area contributed by atoms with Crippen LogP contribution in [0.4, 0.5) is 10.5 Å². The highest BCUT2D eigenvalue weighted by atomic mass is 16.6. The van der Waals surface area contributed by atoms with Crippen molar-refractivity contribution in [3.8, 4) is 11.5 Å². The fraction of sp³-hybridized carbons (Fsp3) is 0.300. The fourth-order valence-electron chi connectivity index (χ4n) is 2.70. The number of nitrogens with one attached hydrogen (secondary N) is 1. The van der Waals surface area contributed by atoms with Gasteiger partial charge in [0.2, 0.25) is 0 Å². The van der Waals surface area contributed by atoms with Crippen LogP contribution in [0.2, 0.25) is 0 Å². The molecule has 7 nitrogen and oxygen atoms in total. The van der Waals surface area contributed by atoms with Gasteiger partial charge in [0, 0.05) is 12.2 Å². The fourth-order valence-corrected chi connectivity index (χ4v) is 2.70. The second-order valence-corrected chi connectivity index (χ2v) is 5.88. The van der Waals surface area contributed by atoms with Crippen molar-refractivity contribution in [1.82, 2.24) is 5.32 Å². The molecule has 0 aliphatic carbocycles. The first-order valence-electron chi connectivity index (χ1n) is 8.82. The molecule has 1 aliphatic heterocycles. The van der Waals surface area contributed by atoms with Crippen LogP contribution in [-0.2, 0) is 16.1 Å². The standard InChI is InChI=1S/C20H22N2O5/c1-2-25-17-8-3-4-9-18(17)27-14-19(23)21-13-15-6-5-7-16(12-15)22-10-11-26-20(22)24/h3-9,12H,2,10-11,13-14H2,1H3,(H,21,23). The molecule has 0 bridgehead atoms. The lowest BCUT2D eigenvalue weighted by atomic mass is 10.2. The van der Waals surface area contributed by atoms with Gasteiger partial charge in [0.15, 0.2) is 18.1 Å². The lowest BCUT2D eigenvalue weighted by molar-refractivity contribution is -0.123. The molecule has 2 aromatic rings. The van der Waals surface area contributed by atoms with E-state index in [2.05, 4.69) is 5.32 Å². The number of carbonyl (C=O) groups is 2.